The van der Waals surface area contributed by atoms with E-state index in [9.17, 15) is 4.79 Å². The molecule has 0 aliphatic carbocycles. The van der Waals surface area contributed by atoms with Crippen molar-refractivity contribution in [3.05, 3.63) is 59.7 Å². The van der Waals surface area contributed by atoms with E-state index in [1.807, 2.05) is 43.3 Å². The number of thioether (sulfide) groups is 1. The second-order valence-electron chi connectivity index (χ2n) is 5.67. The number of amides is 1. The van der Waals surface area contributed by atoms with Gasteiger partial charge >= 0.3 is 0 Å². The van der Waals surface area contributed by atoms with Crippen LogP contribution < -0.4 is 14.8 Å². The summed E-state index contributed by atoms with van der Waals surface area (Å²) in [5, 5.41) is 2.92. The van der Waals surface area contributed by atoms with E-state index in [2.05, 4.69) is 17.4 Å². The van der Waals surface area contributed by atoms with Crippen LogP contribution in [-0.4, -0.2) is 31.9 Å². The molecule has 0 aromatic heterocycles. The van der Waals surface area contributed by atoms with E-state index in [0.29, 0.717) is 18.0 Å². The lowest BCUT2D eigenvalue weighted by atomic mass is 10.1. The van der Waals surface area contributed by atoms with Gasteiger partial charge in [-0.05, 0) is 36.6 Å². The maximum absolute atomic E-state index is 12.2. The van der Waals surface area contributed by atoms with E-state index in [-0.39, 0.29) is 11.2 Å². The Morgan fingerprint density at radius 1 is 1.04 bits per heavy atom. The molecule has 0 saturated heterocycles. The SMILES string of the molecule is COc1ccc(CCNC(=O)[C@H](C)SCc2ccccc2)cc1OC. The molecule has 0 bridgehead atoms. The first-order chi connectivity index (χ1) is 12.1. The first kappa shape index (κ1) is 19.2. The molecule has 0 aliphatic rings. The minimum atomic E-state index is -0.0781. The van der Waals surface area contributed by atoms with Crippen LogP contribution in [0.1, 0.15) is 18.1 Å². The fraction of sp³-hybridized carbons (Fsp3) is 0.350. The van der Waals surface area contributed by atoms with Crippen molar-refractivity contribution in [1.29, 1.82) is 0 Å². The number of carbonyl (C=O) groups excluding carboxylic acids is 1. The minimum absolute atomic E-state index is 0.0707. The highest BCUT2D eigenvalue weighted by atomic mass is 32.2. The second kappa shape index (κ2) is 9.99. The third-order valence-electron chi connectivity index (χ3n) is 3.87. The van der Waals surface area contributed by atoms with Crippen molar-refractivity contribution in [2.45, 2.75) is 24.3 Å². The van der Waals surface area contributed by atoms with Gasteiger partial charge in [-0.25, -0.2) is 0 Å². The van der Waals surface area contributed by atoms with Gasteiger partial charge in [-0.2, -0.15) is 0 Å². The molecular weight excluding hydrogens is 334 g/mol. The molecule has 2 rings (SSSR count). The third kappa shape index (κ3) is 6.02. The lowest BCUT2D eigenvalue weighted by molar-refractivity contribution is -0.120. The van der Waals surface area contributed by atoms with Crippen LogP contribution in [0.2, 0.25) is 0 Å². The highest BCUT2D eigenvalue weighted by molar-refractivity contribution is 7.99. The van der Waals surface area contributed by atoms with Crippen molar-refractivity contribution in [3.8, 4) is 11.5 Å². The number of ether oxygens (including phenoxy) is 2. The fourth-order valence-corrected chi connectivity index (χ4v) is 3.25. The number of nitrogens with one attached hydrogen (secondary N) is 1. The first-order valence-electron chi connectivity index (χ1n) is 8.28. The molecule has 1 atom stereocenters. The molecule has 5 heteroatoms. The van der Waals surface area contributed by atoms with E-state index in [0.717, 1.165) is 17.7 Å². The number of methoxy groups -OCH3 is 2. The van der Waals surface area contributed by atoms with Gasteiger partial charge in [-0.15, -0.1) is 11.8 Å². The van der Waals surface area contributed by atoms with Crippen LogP contribution >= 0.6 is 11.8 Å². The fourth-order valence-electron chi connectivity index (χ4n) is 2.38. The van der Waals surface area contributed by atoms with Crippen LogP contribution in [0.15, 0.2) is 48.5 Å². The Morgan fingerprint density at radius 2 is 1.76 bits per heavy atom. The molecular formula is C20H25NO3S. The minimum Gasteiger partial charge on any atom is -0.493 e. The molecule has 134 valence electrons. The van der Waals surface area contributed by atoms with E-state index in [4.69, 9.17) is 9.47 Å². The number of hydrogen-bond donors (Lipinski definition) is 1. The van der Waals surface area contributed by atoms with Gasteiger partial charge in [0.15, 0.2) is 11.5 Å². The van der Waals surface area contributed by atoms with Gasteiger partial charge in [0.05, 0.1) is 19.5 Å². The first-order valence-corrected chi connectivity index (χ1v) is 9.33. The summed E-state index contributed by atoms with van der Waals surface area (Å²) >= 11 is 1.65. The molecule has 0 radical (unpaired) electrons. The van der Waals surface area contributed by atoms with Crippen molar-refractivity contribution in [2.75, 3.05) is 20.8 Å². The molecule has 1 N–H and O–H groups in total. The Balaban J connectivity index is 1.76. The largest absolute Gasteiger partial charge is 0.493 e. The van der Waals surface area contributed by atoms with Crippen LogP contribution in [0.4, 0.5) is 0 Å². The molecule has 0 saturated carbocycles. The molecule has 0 heterocycles. The van der Waals surface area contributed by atoms with Gasteiger partial charge in [-0.1, -0.05) is 36.4 Å². The van der Waals surface area contributed by atoms with Crippen LogP contribution in [-0.2, 0) is 17.0 Å². The average Bonchev–Trinajstić information content (AvgIpc) is 2.66. The zero-order chi connectivity index (χ0) is 18.1. The molecule has 0 aliphatic heterocycles. The maximum atomic E-state index is 12.2. The quantitative estimate of drug-likeness (QED) is 0.742. The van der Waals surface area contributed by atoms with Crippen molar-refractivity contribution in [2.24, 2.45) is 0 Å². The Kier molecular flexibility index (Phi) is 7.67. The summed E-state index contributed by atoms with van der Waals surface area (Å²) in [6.45, 7) is 2.55. The van der Waals surface area contributed by atoms with E-state index in [1.165, 1.54) is 5.56 Å². The monoisotopic (exact) mass is 359 g/mol. The standard InChI is InChI=1S/C20H25NO3S/c1-15(25-14-17-7-5-4-6-8-17)20(22)21-12-11-16-9-10-18(23-2)19(13-16)24-3/h4-10,13,15H,11-12,14H2,1-3H3,(H,21,22)/t15-/m0/s1. The predicted molar refractivity (Wildman–Crippen MR) is 103 cm³/mol. The Morgan fingerprint density at radius 3 is 2.44 bits per heavy atom. The van der Waals surface area contributed by atoms with Gasteiger partial charge in [0, 0.05) is 12.3 Å². The molecule has 0 fully saturated rings. The van der Waals surface area contributed by atoms with Gasteiger partial charge in [-0.3, -0.25) is 4.79 Å². The molecule has 0 spiro atoms. The molecule has 1 amide bonds. The summed E-state index contributed by atoms with van der Waals surface area (Å²) in [6.07, 6.45) is 0.752. The number of benzene rings is 2. The number of rotatable bonds is 9. The predicted octanol–water partition coefficient (Wildman–Crippen LogP) is 3.68. The summed E-state index contributed by atoms with van der Waals surface area (Å²) in [6, 6.07) is 16.0. The zero-order valence-electron chi connectivity index (χ0n) is 15.0. The summed E-state index contributed by atoms with van der Waals surface area (Å²) in [7, 11) is 3.24. The van der Waals surface area contributed by atoms with Gasteiger partial charge in [0.2, 0.25) is 5.91 Å². The number of carbonyl (C=O) groups is 1. The van der Waals surface area contributed by atoms with Crippen LogP contribution in [0.3, 0.4) is 0 Å². The normalized spacial score (nSPS) is 11.6. The van der Waals surface area contributed by atoms with Crippen LogP contribution in [0.25, 0.3) is 0 Å². The van der Waals surface area contributed by atoms with Gasteiger partial charge < -0.3 is 14.8 Å². The molecule has 0 unspecified atom stereocenters. The molecule has 2 aromatic rings. The van der Waals surface area contributed by atoms with Gasteiger partial charge in [0.25, 0.3) is 0 Å². The summed E-state index contributed by atoms with van der Waals surface area (Å²) in [5.41, 5.74) is 2.33. The van der Waals surface area contributed by atoms with E-state index >= 15 is 0 Å². The summed E-state index contributed by atoms with van der Waals surface area (Å²) in [4.78, 5) is 12.2. The molecule has 4 nitrogen and oxygen atoms in total. The highest BCUT2D eigenvalue weighted by Crippen LogP contribution is 2.27. The van der Waals surface area contributed by atoms with Crippen molar-refractivity contribution < 1.29 is 14.3 Å². The smallest absolute Gasteiger partial charge is 0.232 e. The lowest BCUT2D eigenvalue weighted by Gasteiger charge is -2.13. The zero-order valence-corrected chi connectivity index (χ0v) is 15.8. The topological polar surface area (TPSA) is 47.6 Å². The lowest BCUT2D eigenvalue weighted by Crippen LogP contribution is -2.32. The average molecular weight is 359 g/mol. The Labute approximate surface area is 153 Å². The summed E-state index contributed by atoms with van der Waals surface area (Å²) in [5.74, 6) is 2.33. The maximum Gasteiger partial charge on any atom is 0.232 e. The van der Waals surface area contributed by atoms with E-state index < -0.39 is 0 Å². The summed E-state index contributed by atoms with van der Waals surface area (Å²) < 4.78 is 10.5. The second-order valence-corrected chi connectivity index (χ2v) is 7.00. The van der Waals surface area contributed by atoms with Gasteiger partial charge in [0.1, 0.15) is 0 Å². The van der Waals surface area contributed by atoms with E-state index in [1.54, 1.807) is 26.0 Å². The van der Waals surface area contributed by atoms with Crippen LogP contribution in [0, 0.1) is 0 Å². The molecule has 25 heavy (non-hydrogen) atoms. The highest BCUT2D eigenvalue weighted by Gasteiger charge is 2.13. The van der Waals surface area contributed by atoms with Crippen molar-refractivity contribution in [1.82, 2.24) is 5.32 Å². The van der Waals surface area contributed by atoms with Crippen LogP contribution in [0.5, 0.6) is 11.5 Å². The van der Waals surface area contributed by atoms with Crippen molar-refractivity contribution >= 4 is 17.7 Å². The number of hydrogen-bond acceptors (Lipinski definition) is 4. The third-order valence-corrected chi connectivity index (χ3v) is 5.09. The Hall–Kier alpha value is -2.14. The Bertz CT molecular complexity index is 676. The van der Waals surface area contributed by atoms with Crippen molar-refractivity contribution in [3.63, 3.8) is 0 Å². The molecule has 2 aromatic carbocycles.